The Labute approximate surface area is 143 Å². The highest BCUT2D eigenvalue weighted by Gasteiger charge is 2.17. The van der Waals surface area contributed by atoms with Crippen LogP contribution in [0.1, 0.15) is 50.5 Å². The van der Waals surface area contributed by atoms with E-state index in [4.69, 9.17) is 4.74 Å². The Hall–Kier alpha value is -2.37. The summed E-state index contributed by atoms with van der Waals surface area (Å²) in [5, 5.41) is 4.69. The third-order valence-corrected chi connectivity index (χ3v) is 2.91. The van der Waals surface area contributed by atoms with Gasteiger partial charge in [0.1, 0.15) is 0 Å². The van der Waals surface area contributed by atoms with Gasteiger partial charge in [-0.2, -0.15) is 0 Å². The summed E-state index contributed by atoms with van der Waals surface area (Å²) in [7, 11) is 0. The number of nitrogens with one attached hydrogen (secondary N) is 2. The number of carbonyl (C=O) groups is 3. The van der Waals surface area contributed by atoms with Crippen molar-refractivity contribution in [3.05, 3.63) is 35.4 Å². The summed E-state index contributed by atoms with van der Waals surface area (Å²) < 4.78 is 4.91. The second-order valence-corrected chi connectivity index (χ2v) is 7.12. The number of hydrogen-bond donors (Lipinski definition) is 2. The zero-order chi connectivity index (χ0) is 18.3. The van der Waals surface area contributed by atoms with Crippen LogP contribution in [0.4, 0.5) is 4.79 Å². The highest BCUT2D eigenvalue weighted by molar-refractivity contribution is 5.97. The van der Waals surface area contributed by atoms with Gasteiger partial charge < -0.3 is 10.1 Å². The Bertz CT molecular complexity index is 586. The van der Waals surface area contributed by atoms with E-state index in [1.807, 2.05) is 12.1 Å². The van der Waals surface area contributed by atoms with Crippen molar-refractivity contribution in [1.29, 1.82) is 0 Å². The number of amides is 3. The van der Waals surface area contributed by atoms with Crippen LogP contribution < -0.4 is 10.6 Å². The average Bonchev–Trinajstić information content (AvgIpc) is 2.42. The normalized spacial score (nSPS) is 11.1. The maximum Gasteiger partial charge on any atom is 0.338 e. The third-order valence-electron chi connectivity index (χ3n) is 2.91. The van der Waals surface area contributed by atoms with E-state index < -0.39 is 30.1 Å². The molecule has 0 spiro atoms. The van der Waals surface area contributed by atoms with Crippen molar-refractivity contribution >= 4 is 17.9 Å². The molecule has 6 heteroatoms. The zero-order valence-electron chi connectivity index (χ0n) is 14.9. The average molecular weight is 334 g/mol. The Kier molecular flexibility index (Phi) is 6.95. The molecular formula is C18H26N2O4. The van der Waals surface area contributed by atoms with Crippen LogP contribution in [0.5, 0.6) is 0 Å². The lowest BCUT2D eigenvalue weighted by Crippen LogP contribution is -2.49. The zero-order valence-corrected chi connectivity index (χ0v) is 14.9. The molecule has 0 saturated heterocycles. The predicted octanol–water partition coefficient (Wildman–Crippen LogP) is 2.67. The Balaban J connectivity index is 2.45. The van der Waals surface area contributed by atoms with Crippen molar-refractivity contribution in [2.75, 3.05) is 6.61 Å². The summed E-state index contributed by atoms with van der Waals surface area (Å²) in [6, 6.07) is 6.46. The highest BCUT2D eigenvalue weighted by Crippen LogP contribution is 2.10. The van der Waals surface area contributed by atoms with Gasteiger partial charge >= 0.3 is 12.0 Å². The Morgan fingerprint density at radius 3 is 2.17 bits per heavy atom. The van der Waals surface area contributed by atoms with Crippen molar-refractivity contribution in [2.24, 2.45) is 5.92 Å². The second kappa shape index (κ2) is 8.47. The summed E-state index contributed by atoms with van der Waals surface area (Å²) in [5.74, 6) is -0.746. The smallest absolute Gasteiger partial charge is 0.338 e. The van der Waals surface area contributed by atoms with Crippen molar-refractivity contribution in [2.45, 2.75) is 46.6 Å². The molecule has 1 rings (SSSR count). The van der Waals surface area contributed by atoms with Crippen LogP contribution in [0.3, 0.4) is 0 Å². The number of esters is 1. The maximum atomic E-state index is 11.9. The van der Waals surface area contributed by atoms with E-state index in [0.29, 0.717) is 11.5 Å². The van der Waals surface area contributed by atoms with E-state index in [1.165, 1.54) is 0 Å². The van der Waals surface area contributed by atoms with Gasteiger partial charge in [-0.1, -0.05) is 26.0 Å². The summed E-state index contributed by atoms with van der Waals surface area (Å²) in [4.78, 5) is 35.0. The van der Waals surface area contributed by atoms with Gasteiger partial charge in [0.2, 0.25) is 0 Å². The molecule has 0 unspecified atom stereocenters. The minimum absolute atomic E-state index is 0.370. The summed E-state index contributed by atoms with van der Waals surface area (Å²) >= 11 is 0. The van der Waals surface area contributed by atoms with Crippen LogP contribution in [0.15, 0.2) is 24.3 Å². The molecule has 2 N–H and O–H groups in total. The van der Waals surface area contributed by atoms with E-state index in [1.54, 1.807) is 32.9 Å². The molecule has 3 amide bonds. The lowest BCUT2D eigenvalue weighted by molar-refractivity contribution is -0.123. The lowest BCUT2D eigenvalue weighted by Gasteiger charge is -2.20. The van der Waals surface area contributed by atoms with Crippen LogP contribution in [0.2, 0.25) is 0 Å². The molecule has 0 fully saturated rings. The van der Waals surface area contributed by atoms with Crippen molar-refractivity contribution < 1.29 is 19.1 Å². The van der Waals surface area contributed by atoms with E-state index >= 15 is 0 Å². The first-order chi connectivity index (χ1) is 11.1. The van der Waals surface area contributed by atoms with Crippen molar-refractivity contribution in [3.8, 4) is 0 Å². The van der Waals surface area contributed by atoms with Crippen LogP contribution >= 0.6 is 0 Å². The van der Waals surface area contributed by atoms with Crippen LogP contribution in [0, 0.1) is 5.92 Å². The largest absolute Gasteiger partial charge is 0.452 e. The Morgan fingerprint density at radius 2 is 1.67 bits per heavy atom. The maximum absolute atomic E-state index is 11.9. The quantitative estimate of drug-likeness (QED) is 0.811. The molecule has 1 aromatic rings. The van der Waals surface area contributed by atoms with E-state index in [9.17, 15) is 14.4 Å². The van der Waals surface area contributed by atoms with Gasteiger partial charge in [0, 0.05) is 5.54 Å². The van der Waals surface area contributed by atoms with Gasteiger partial charge in [0.25, 0.3) is 5.91 Å². The lowest BCUT2D eigenvalue weighted by atomic mass is 10.0. The monoisotopic (exact) mass is 334 g/mol. The van der Waals surface area contributed by atoms with Crippen molar-refractivity contribution in [1.82, 2.24) is 10.6 Å². The SMILES string of the molecule is CC(C)Cc1ccc(C(=O)OCC(=O)NC(=O)NC(C)(C)C)cc1. The first-order valence-corrected chi connectivity index (χ1v) is 7.95. The Morgan fingerprint density at radius 1 is 1.08 bits per heavy atom. The van der Waals surface area contributed by atoms with E-state index in [2.05, 4.69) is 24.5 Å². The molecule has 0 aromatic heterocycles. The summed E-state index contributed by atoms with van der Waals surface area (Å²) in [6.45, 7) is 9.11. The number of ether oxygens (including phenoxy) is 1. The summed E-state index contributed by atoms with van der Waals surface area (Å²) in [5.41, 5.74) is 1.05. The van der Waals surface area contributed by atoms with Gasteiger partial charge in [-0.15, -0.1) is 0 Å². The highest BCUT2D eigenvalue weighted by atomic mass is 16.5. The molecule has 0 bridgehead atoms. The number of hydrogen-bond acceptors (Lipinski definition) is 4. The second-order valence-electron chi connectivity index (χ2n) is 7.12. The predicted molar refractivity (Wildman–Crippen MR) is 91.7 cm³/mol. The van der Waals surface area contributed by atoms with Gasteiger partial charge in [0.05, 0.1) is 5.56 Å². The fraction of sp³-hybridized carbons (Fsp3) is 0.500. The first-order valence-electron chi connectivity index (χ1n) is 7.95. The van der Waals surface area contributed by atoms with Gasteiger partial charge in [0.15, 0.2) is 6.61 Å². The molecule has 0 aliphatic rings. The molecule has 132 valence electrons. The number of benzene rings is 1. The van der Waals surface area contributed by atoms with E-state index in [-0.39, 0.29) is 0 Å². The number of carbonyl (C=O) groups excluding carboxylic acids is 3. The van der Waals surface area contributed by atoms with Crippen molar-refractivity contribution in [3.63, 3.8) is 0 Å². The molecule has 0 heterocycles. The molecule has 0 atom stereocenters. The topological polar surface area (TPSA) is 84.5 Å². The molecular weight excluding hydrogens is 308 g/mol. The molecule has 0 saturated carbocycles. The fourth-order valence-electron chi connectivity index (χ4n) is 2.00. The molecule has 6 nitrogen and oxygen atoms in total. The van der Waals surface area contributed by atoms with Gasteiger partial charge in [-0.05, 0) is 50.8 Å². The fourth-order valence-corrected chi connectivity index (χ4v) is 2.00. The van der Waals surface area contributed by atoms with Crippen LogP contribution in [-0.4, -0.2) is 30.1 Å². The first kappa shape index (κ1) is 19.7. The standard InChI is InChI=1S/C18H26N2O4/c1-12(2)10-13-6-8-14(9-7-13)16(22)24-11-15(21)19-17(23)20-18(3,4)5/h6-9,12H,10-11H2,1-5H3,(H2,19,20,21,23). The van der Waals surface area contributed by atoms with Gasteiger partial charge in [-0.25, -0.2) is 9.59 Å². The number of urea groups is 1. The molecule has 0 aliphatic heterocycles. The van der Waals surface area contributed by atoms with E-state index in [0.717, 1.165) is 12.0 Å². The molecule has 0 aliphatic carbocycles. The third kappa shape index (κ3) is 7.76. The summed E-state index contributed by atoms with van der Waals surface area (Å²) in [6.07, 6.45) is 0.931. The van der Waals surface area contributed by atoms with Gasteiger partial charge in [-0.3, -0.25) is 10.1 Å². The minimum Gasteiger partial charge on any atom is -0.452 e. The number of imide groups is 1. The molecule has 0 radical (unpaired) electrons. The van der Waals surface area contributed by atoms with Crippen LogP contribution in [0.25, 0.3) is 0 Å². The molecule has 1 aromatic carbocycles. The number of rotatable bonds is 5. The molecule has 24 heavy (non-hydrogen) atoms. The van der Waals surface area contributed by atoms with Crippen LogP contribution in [-0.2, 0) is 16.0 Å². The minimum atomic E-state index is -0.679.